The van der Waals surface area contributed by atoms with E-state index in [4.69, 9.17) is 19.4 Å². The van der Waals surface area contributed by atoms with Gasteiger partial charge in [-0.1, -0.05) is 140 Å². The number of aromatic nitrogens is 4. The van der Waals surface area contributed by atoms with Crippen molar-refractivity contribution in [2.75, 3.05) is 0 Å². The van der Waals surface area contributed by atoms with Crippen molar-refractivity contribution in [1.29, 1.82) is 0 Å². The minimum atomic E-state index is 0.632. The molecule has 12 rings (SSSR count). The summed E-state index contributed by atoms with van der Waals surface area (Å²) in [7, 11) is 0. The summed E-state index contributed by atoms with van der Waals surface area (Å²) >= 11 is 1.82. The van der Waals surface area contributed by atoms with Gasteiger partial charge in [0, 0.05) is 69.7 Å². The summed E-state index contributed by atoms with van der Waals surface area (Å²) < 4.78 is 11.5. The van der Waals surface area contributed by atoms with E-state index >= 15 is 0 Å². The molecule has 0 unspecified atom stereocenters. The summed E-state index contributed by atoms with van der Waals surface area (Å²) in [5.74, 6) is 1.92. The lowest BCUT2D eigenvalue weighted by atomic mass is 9.99. The van der Waals surface area contributed by atoms with Crippen LogP contribution in [0.4, 0.5) is 0 Å². The van der Waals surface area contributed by atoms with E-state index in [1.807, 2.05) is 78.1 Å². The maximum Gasteiger partial charge on any atom is 0.164 e. The number of para-hydroxylation sites is 3. The van der Waals surface area contributed by atoms with Crippen LogP contribution in [0.3, 0.4) is 0 Å². The Kier molecular flexibility index (Phi) is 7.03. The summed E-state index contributed by atoms with van der Waals surface area (Å²) in [6, 6.07) is 63.8. The van der Waals surface area contributed by atoms with Gasteiger partial charge in [0.25, 0.3) is 0 Å². The number of furan rings is 1. The quantitative estimate of drug-likeness (QED) is 0.176. The van der Waals surface area contributed by atoms with Crippen LogP contribution in [0.15, 0.2) is 186 Å². The van der Waals surface area contributed by atoms with Crippen molar-refractivity contribution in [2.24, 2.45) is 0 Å². The maximum absolute atomic E-state index is 6.68. The molecule has 12 aromatic rings. The van der Waals surface area contributed by atoms with Crippen LogP contribution in [0, 0.1) is 0 Å². The Balaban J connectivity index is 1.09. The molecule has 6 heteroatoms. The Morgan fingerprint density at radius 1 is 0.421 bits per heavy atom. The number of benzene rings is 8. The number of rotatable bonds is 5. The van der Waals surface area contributed by atoms with Gasteiger partial charge < -0.3 is 8.98 Å². The molecular weight excluding hydrogens is 717 g/mol. The van der Waals surface area contributed by atoms with E-state index < -0.39 is 0 Å². The van der Waals surface area contributed by atoms with Crippen molar-refractivity contribution in [3.8, 4) is 51.0 Å². The molecule has 0 aliphatic heterocycles. The maximum atomic E-state index is 6.68. The minimum absolute atomic E-state index is 0.632. The average molecular weight is 747 g/mol. The van der Waals surface area contributed by atoms with Gasteiger partial charge in [0.15, 0.2) is 17.5 Å². The van der Waals surface area contributed by atoms with Gasteiger partial charge in [0.05, 0.1) is 11.0 Å². The van der Waals surface area contributed by atoms with Crippen LogP contribution in [0.5, 0.6) is 0 Å². The summed E-state index contributed by atoms with van der Waals surface area (Å²) in [5, 5.41) is 7.05. The molecule has 0 saturated heterocycles. The molecule has 266 valence electrons. The largest absolute Gasteiger partial charge is 0.455 e. The normalized spacial score (nSPS) is 11.9. The highest BCUT2D eigenvalue weighted by molar-refractivity contribution is 7.26. The van der Waals surface area contributed by atoms with Crippen LogP contribution in [0.25, 0.3) is 115 Å². The molecule has 0 aliphatic carbocycles. The predicted octanol–water partition coefficient (Wildman–Crippen LogP) is 13.9. The first-order chi connectivity index (χ1) is 28.2. The Bertz CT molecular complexity index is 3400. The second kappa shape index (κ2) is 12.6. The molecule has 0 fully saturated rings. The van der Waals surface area contributed by atoms with E-state index in [2.05, 4.69) is 120 Å². The molecular formula is C51H30N4OS. The topological polar surface area (TPSA) is 56.7 Å². The van der Waals surface area contributed by atoms with Crippen molar-refractivity contribution in [2.45, 2.75) is 0 Å². The van der Waals surface area contributed by atoms with Gasteiger partial charge in [0.2, 0.25) is 0 Å². The molecule has 0 radical (unpaired) electrons. The third kappa shape index (κ3) is 5.04. The Morgan fingerprint density at radius 2 is 0.947 bits per heavy atom. The highest BCUT2D eigenvalue weighted by Gasteiger charge is 2.21. The molecule has 0 saturated carbocycles. The van der Waals surface area contributed by atoms with E-state index in [9.17, 15) is 0 Å². The fourth-order valence-corrected chi connectivity index (χ4v) is 9.63. The van der Waals surface area contributed by atoms with E-state index in [1.54, 1.807) is 0 Å². The summed E-state index contributed by atoms with van der Waals surface area (Å²) in [6.45, 7) is 0. The fourth-order valence-electron chi connectivity index (χ4n) is 8.41. The number of thiophene rings is 1. The Labute approximate surface area is 330 Å². The zero-order valence-electron chi connectivity index (χ0n) is 30.4. The molecule has 4 heterocycles. The number of hydrogen-bond donors (Lipinski definition) is 0. The van der Waals surface area contributed by atoms with Gasteiger partial charge in [-0.25, -0.2) is 15.0 Å². The lowest BCUT2D eigenvalue weighted by molar-refractivity contribution is 0.673. The van der Waals surface area contributed by atoms with Crippen LogP contribution in [-0.2, 0) is 0 Å². The first-order valence-electron chi connectivity index (χ1n) is 19.0. The van der Waals surface area contributed by atoms with Gasteiger partial charge in [-0.15, -0.1) is 11.3 Å². The van der Waals surface area contributed by atoms with Gasteiger partial charge in [-0.2, -0.15) is 0 Å². The molecule has 0 bridgehead atoms. The highest BCUT2D eigenvalue weighted by Crippen LogP contribution is 2.47. The van der Waals surface area contributed by atoms with E-state index in [1.165, 1.54) is 36.6 Å². The molecule has 0 atom stereocenters. The van der Waals surface area contributed by atoms with Crippen LogP contribution in [0.1, 0.15) is 0 Å². The monoisotopic (exact) mass is 746 g/mol. The van der Waals surface area contributed by atoms with E-state index in [-0.39, 0.29) is 0 Å². The second-order valence-electron chi connectivity index (χ2n) is 14.4. The molecule has 0 spiro atoms. The lowest BCUT2D eigenvalue weighted by Crippen LogP contribution is -2.00. The van der Waals surface area contributed by atoms with E-state index in [0.717, 1.165) is 60.8 Å². The van der Waals surface area contributed by atoms with Gasteiger partial charge in [-0.3, -0.25) is 0 Å². The van der Waals surface area contributed by atoms with Crippen molar-refractivity contribution in [1.82, 2.24) is 19.5 Å². The standard InChI is InChI=1S/C51H30N4OS/c1-3-13-32(14-4-1)49-52-50(33-15-5-2-6-16-33)54-51(53-49)34-25-23-31(24-26-34)40-29-35(55-42-20-10-7-17-36(42)37-18-8-11-21-43(37)55)30-41-46-45(57-48(40)41)28-27-39-38-19-9-12-22-44(38)56-47(39)46/h1-30H. The summed E-state index contributed by atoms with van der Waals surface area (Å²) in [6.07, 6.45) is 0. The first kappa shape index (κ1) is 31.9. The molecule has 8 aromatic carbocycles. The van der Waals surface area contributed by atoms with E-state index in [0.29, 0.717) is 17.5 Å². The third-order valence-corrected chi connectivity index (χ3v) is 12.3. The predicted molar refractivity (Wildman–Crippen MR) is 236 cm³/mol. The van der Waals surface area contributed by atoms with Crippen LogP contribution in [0.2, 0.25) is 0 Å². The molecule has 0 aliphatic rings. The van der Waals surface area contributed by atoms with Gasteiger partial charge in [-0.05, 0) is 48.0 Å². The first-order valence-corrected chi connectivity index (χ1v) is 19.8. The van der Waals surface area contributed by atoms with Gasteiger partial charge >= 0.3 is 0 Å². The van der Waals surface area contributed by atoms with Gasteiger partial charge in [0.1, 0.15) is 11.2 Å². The smallest absolute Gasteiger partial charge is 0.164 e. The molecule has 57 heavy (non-hydrogen) atoms. The van der Waals surface area contributed by atoms with Crippen LogP contribution in [-0.4, -0.2) is 19.5 Å². The molecule has 5 nitrogen and oxygen atoms in total. The third-order valence-electron chi connectivity index (χ3n) is 11.1. The zero-order valence-corrected chi connectivity index (χ0v) is 31.2. The van der Waals surface area contributed by atoms with Crippen molar-refractivity contribution in [3.05, 3.63) is 182 Å². The minimum Gasteiger partial charge on any atom is -0.455 e. The zero-order chi connectivity index (χ0) is 37.5. The Hall–Kier alpha value is -7.41. The number of hydrogen-bond acceptors (Lipinski definition) is 5. The summed E-state index contributed by atoms with van der Waals surface area (Å²) in [4.78, 5) is 14.9. The number of nitrogens with zero attached hydrogens (tertiary/aromatic N) is 4. The van der Waals surface area contributed by atoms with Crippen molar-refractivity contribution in [3.63, 3.8) is 0 Å². The highest BCUT2D eigenvalue weighted by atomic mass is 32.1. The summed E-state index contributed by atoms with van der Waals surface area (Å²) in [5.41, 5.74) is 10.4. The van der Waals surface area contributed by atoms with Crippen molar-refractivity contribution < 1.29 is 4.42 Å². The molecule has 0 amide bonds. The van der Waals surface area contributed by atoms with Crippen LogP contribution >= 0.6 is 11.3 Å². The van der Waals surface area contributed by atoms with Crippen LogP contribution < -0.4 is 0 Å². The SMILES string of the molecule is c1ccc(-c2nc(-c3ccccc3)nc(-c3ccc(-c4cc(-n5c6ccccc6c6ccccc65)cc5c4sc4ccc6c7ccccc7oc6c45)cc3)n2)cc1. The fraction of sp³-hybridized carbons (Fsp3) is 0. The Morgan fingerprint density at radius 3 is 1.58 bits per heavy atom. The molecule has 4 aromatic heterocycles. The second-order valence-corrected chi connectivity index (χ2v) is 15.4. The average Bonchev–Trinajstić information content (AvgIpc) is 3.96. The lowest BCUT2D eigenvalue weighted by Gasteiger charge is -2.13. The van der Waals surface area contributed by atoms with Crippen molar-refractivity contribution >= 4 is 75.3 Å². The number of fused-ring (bicyclic) bond motifs is 10. The molecule has 0 N–H and O–H groups in total.